The van der Waals surface area contributed by atoms with Gasteiger partial charge in [0.25, 0.3) is 0 Å². The van der Waals surface area contributed by atoms with Gasteiger partial charge in [-0.05, 0) is 60.9 Å². The van der Waals surface area contributed by atoms with Crippen molar-refractivity contribution >= 4 is 0 Å². The summed E-state index contributed by atoms with van der Waals surface area (Å²) in [7, 11) is 2.27. The Kier molecular flexibility index (Phi) is 3.45. The number of fused-ring (bicyclic) bond motifs is 4. The monoisotopic (exact) mass is 347 g/mol. The van der Waals surface area contributed by atoms with E-state index in [4.69, 9.17) is 0 Å². The average Bonchev–Trinajstić information content (AvgIpc) is 2.86. The lowest BCUT2D eigenvalue weighted by molar-refractivity contribution is -0.0330. The Labute approximate surface area is 156 Å². The molecule has 0 radical (unpaired) electrons. The second-order valence-corrected chi connectivity index (χ2v) is 9.20. The number of benzene rings is 2. The van der Waals surface area contributed by atoms with Gasteiger partial charge in [0.15, 0.2) is 0 Å². The normalized spacial score (nSPS) is 31.3. The molecule has 2 bridgehead atoms. The minimum Gasteiger partial charge on any atom is -0.380 e. The van der Waals surface area contributed by atoms with Gasteiger partial charge in [-0.1, -0.05) is 62.4 Å². The Morgan fingerprint density at radius 3 is 1.69 bits per heavy atom. The Morgan fingerprint density at radius 1 is 0.808 bits per heavy atom. The first-order valence-corrected chi connectivity index (χ1v) is 10.1. The van der Waals surface area contributed by atoms with E-state index in [0.29, 0.717) is 12.1 Å². The fourth-order valence-corrected chi connectivity index (χ4v) is 6.20. The number of hydrogen-bond donors (Lipinski definition) is 1. The van der Waals surface area contributed by atoms with Crippen molar-refractivity contribution in [2.75, 3.05) is 7.05 Å². The number of aliphatic hydroxyl groups is 1. The van der Waals surface area contributed by atoms with Gasteiger partial charge in [-0.15, -0.1) is 0 Å². The fourth-order valence-electron chi connectivity index (χ4n) is 6.20. The first-order chi connectivity index (χ1) is 12.4. The predicted octanol–water partition coefficient (Wildman–Crippen LogP) is 4.43. The third kappa shape index (κ3) is 2.00. The van der Waals surface area contributed by atoms with Crippen LogP contribution in [0.5, 0.6) is 0 Å². The van der Waals surface area contributed by atoms with E-state index >= 15 is 0 Å². The molecule has 0 amide bonds. The van der Waals surface area contributed by atoms with Gasteiger partial charge in [0, 0.05) is 17.5 Å². The molecular weight excluding hydrogens is 318 g/mol. The van der Waals surface area contributed by atoms with E-state index in [-0.39, 0.29) is 11.3 Å². The summed E-state index contributed by atoms with van der Waals surface area (Å²) in [5, 5.41) is 12.4. The Morgan fingerprint density at radius 2 is 1.23 bits per heavy atom. The summed E-state index contributed by atoms with van der Waals surface area (Å²) < 4.78 is 0. The lowest BCUT2D eigenvalue weighted by Crippen LogP contribution is -2.51. The van der Waals surface area contributed by atoms with E-state index in [0.717, 1.165) is 24.0 Å². The van der Waals surface area contributed by atoms with Crippen LogP contribution in [-0.4, -0.2) is 29.1 Å². The van der Waals surface area contributed by atoms with Crippen molar-refractivity contribution in [1.29, 1.82) is 0 Å². The molecular formula is C24H29NO. The molecule has 2 fully saturated rings. The van der Waals surface area contributed by atoms with Crippen LogP contribution >= 0.6 is 0 Å². The van der Waals surface area contributed by atoms with Crippen LogP contribution in [0.3, 0.4) is 0 Å². The Balaban J connectivity index is 1.72. The van der Waals surface area contributed by atoms with Gasteiger partial charge in [-0.3, -0.25) is 0 Å². The van der Waals surface area contributed by atoms with Crippen LogP contribution in [0.1, 0.15) is 61.8 Å². The van der Waals surface area contributed by atoms with Crippen LogP contribution in [0.25, 0.3) is 0 Å². The predicted molar refractivity (Wildman–Crippen MR) is 105 cm³/mol. The standard InChI is InChI=1S/C24H29NO/c1-23(2)19-8-4-6-10-21(19)24(26,22-11-7-5-9-20(22)23)16-14-17-12-13-18(15-16)25(17)3/h4-11,16-18,26H,12-15H2,1-3H3/t16?,17-,18+. The van der Waals surface area contributed by atoms with Gasteiger partial charge in [0.05, 0.1) is 0 Å². The smallest absolute Gasteiger partial charge is 0.118 e. The van der Waals surface area contributed by atoms with Crippen LogP contribution < -0.4 is 0 Å². The molecule has 2 heterocycles. The second-order valence-electron chi connectivity index (χ2n) is 9.20. The molecule has 136 valence electrons. The van der Waals surface area contributed by atoms with Crippen molar-refractivity contribution in [3.63, 3.8) is 0 Å². The third-order valence-corrected chi connectivity index (χ3v) is 7.71. The first-order valence-electron chi connectivity index (χ1n) is 10.1. The zero-order valence-electron chi connectivity index (χ0n) is 16.1. The van der Waals surface area contributed by atoms with Crippen LogP contribution in [0, 0.1) is 5.92 Å². The first kappa shape index (κ1) is 16.5. The molecule has 26 heavy (non-hydrogen) atoms. The highest BCUT2D eigenvalue weighted by Gasteiger charge is 2.53. The molecule has 2 aliphatic heterocycles. The number of piperidine rings is 1. The average molecular weight is 348 g/mol. The maximum atomic E-state index is 12.4. The van der Waals surface area contributed by atoms with E-state index in [9.17, 15) is 5.11 Å². The topological polar surface area (TPSA) is 23.5 Å². The highest BCUT2D eigenvalue weighted by Crippen LogP contribution is 2.55. The zero-order chi connectivity index (χ0) is 18.1. The quantitative estimate of drug-likeness (QED) is 0.825. The van der Waals surface area contributed by atoms with E-state index < -0.39 is 5.60 Å². The maximum absolute atomic E-state index is 12.4. The summed E-state index contributed by atoms with van der Waals surface area (Å²) in [6, 6.07) is 18.5. The Bertz CT molecular complexity index is 791. The second kappa shape index (κ2) is 5.43. The third-order valence-electron chi connectivity index (χ3n) is 7.71. The molecule has 5 rings (SSSR count). The molecule has 0 saturated carbocycles. The SMILES string of the molecule is CN1[C@@H]2CC[C@H]1CC(C1(O)c3ccccc3C(C)(C)c3ccccc31)C2. The van der Waals surface area contributed by atoms with Crippen molar-refractivity contribution in [2.45, 2.75) is 62.6 Å². The fraction of sp³-hybridized carbons (Fsp3) is 0.500. The molecule has 3 atom stereocenters. The van der Waals surface area contributed by atoms with Crippen LogP contribution in [0.15, 0.2) is 48.5 Å². The summed E-state index contributed by atoms with van der Waals surface area (Å²) in [5.74, 6) is 0.287. The minimum absolute atomic E-state index is 0.0795. The van der Waals surface area contributed by atoms with Gasteiger partial charge in [0.2, 0.25) is 0 Å². The number of rotatable bonds is 1. The van der Waals surface area contributed by atoms with Crippen molar-refractivity contribution in [3.05, 3.63) is 70.8 Å². The van der Waals surface area contributed by atoms with E-state index in [1.54, 1.807) is 0 Å². The highest BCUT2D eigenvalue weighted by molar-refractivity contribution is 5.58. The van der Waals surface area contributed by atoms with Crippen LogP contribution in [-0.2, 0) is 11.0 Å². The van der Waals surface area contributed by atoms with E-state index in [1.807, 2.05) is 0 Å². The zero-order valence-corrected chi connectivity index (χ0v) is 16.1. The minimum atomic E-state index is -0.870. The van der Waals surface area contributed by atoms with Crippen LogP contribution in [0.4, 0.5) is 0 Å². The Hall–Kier alpha value is -1.64. The summed E-state index contributed by atoms with van der Waals surface area (Å²) in [4.78, 5) is 2.56. The van der Waals surface area contributed by atoms with Crippen molar-refractivity contribution in [3.8, 4) is 0 Å². The maximum Gasteiger partial charge on any atom is 0.118 e. The highest BCUT2D eigenvalue weighted by atomic mass is 16.3. The van der Waals surface area contributed by atoms with Crippen molar-refractivity contribution < 1.29 is 5.11 Å². The summed E-state index contributed by atoms with van der Waals surface area (Å²) >= 11 is 0. The lowest BCUT2D eigenvalue weighted by atomic mass is 9.58. The van der Waals surface area contributed by atoms with Gasteiger partial charge < -0.3 is 10.0 Å². The number of hydrogen-bond acceptors (Lipinski definition) is 2. The summed E-state index contributed by atoms with van der Waals surface area (Å²) in [6.45, 7) is 4.59. The van der Waals surface area contributed by atoms with Crippen molar-refractivity contribution in [2.24, 2.45) is 5.92 Å². The molecule has 0 spiro atoms. The molecule has 2 saturated heterocycles. The summed E-state index contributed by atoms with van der Waals surface area (Å²) in [6.07, 6.45) is 4.74. The van der Waals surface area contributed by atoms with Crippen molar-refractivity contribution in [1.82, 2.24) is 4.90 Å². The van der Waals surface area contributed by atoms with Gasteiger partial charge in [-0.25, -0.2) is 0 Å². The van der Waals surface area contributed by atoms with E-state index in [1.165, 1.54) is 24.0 Å². The molecule has 3 aliphatic rings. The van der Waals surface area contributed by atoms with Gasteiger partial charge in [-0.2, -0.15) is 0 Å². The molecule has 1 unspecified atom stereocenters. The van der Waals surface area contributed by atoms with Crippen LogP contribution in [0.2, 0.25) is 0 Å². The molecule has 2 heteroatoms. The van der Waals surface area contributed by atoms with Gasteiger partial charge >= 0.3 is 0 Å². The molecule has 0 aromatic heterocycles. The molecule has 2 aromatic carbocycles. The lowest BCUT2D eigenvalue weighted by Gasteiger charge is -2.50. The molecule has 2 aromatic rings. The molecule has 1 aliphatic carbocycles. The largest absolute Gasteiger partial charge is 0.380 e. The van der Waals surface area contributed by atoms with Gasteiger partial charge in [0.1, 0.15) is 5.60 Å². The number of nitrogens with zero attached hydrogens (tertiary/aromatic N) is 1. The summed E-state index contributed by atoms with van der Waals surface area (Å²) in [5.41, 5.74) is 3.89. The van der Waals surface area contributed by atoms with E-state index in [2.05, 4.69) is 74.3 Å². The molecule has 1 N–H and O–H groups in total. The molecule has 2 nitrogen and oxygen atoms in total.